The number of thiazole rings is 1. The van der Waals surface area contributed by atoms with Gasteiger partial charge in [-0.3, -0.25) is 0 Å². The first kappa shape index (κ1) is 8.26. The fourth-order valence-corrected chi connectivity index (χ4v) is 2.38. The Bertz CT molecular complexity index is 330. The van der Waals surface area contributed by atoms with Crippen LogP contribution in [0.25, 0.3) is 0 Å². The lowest BCUT2D eigenvalue weighted by Crippen LogP contribution is -1.86. The van der Waals surface area contributed by atoms with Gasteiger partial charge in [0.05, 0.1) is 6.20 Å². The van der Waals surface area contributed by atoms with Gasteiger partial charge >= 0.3 is 0 Å². The molecule has 0 aliphatic carbocycles. The van der Waals surface area contributed by atoms with Gasteiger partial charge in [-0.15, -0.1) is 0 Å². The predicted molar refractivity (Wildman–Crippen MR) is 40.2 cm³/mol. The second-order valence-electron chi connectivity index (χ2n) is 1.37. The third kappa shape index (κ3) is 1.82. The fraction of sp³-hybridized carbons (Fsp3) is 0. The Morgan fingerprint density at radius 1 is 1.60 bits per heavy atom. The van der Waals surface area contributed by atoms with E-state index in [1.807, 2.05) is 0 Å². The molecule has 0 unspecified atom stereocenters. The smallest absolute Gasteiger partial charge is 0.231 e. The van der Waals surface area contributed by atoms with Gasteiger partial charge in [0.15, 0.2) is 0 Å². The van der Waals surface area contributed by atoms with E-state index in [9.17, 15) is 8.42 Å². The maximum atomic E-state index is 10.5. The van der Waals surface area contributed by atoms with Crippen molar-refractivity contribution in [2.24, 2.45) is 0 Å². The van der Waals surface area contributed by atoms with Gasteiger partial charge in [-0.2, -0.15) is 0 Å². The molecule has 0 aliphatic heterocycles. The van der Waals surface area contributed by atoms with Gasteiger partial charge in [0.2, 0.25) is 4.34 Å². The van der Waals surface area contributed by atoms with Crippen LogP contribution in [-0.4, -0.2) is 13.4 Å². The lowest BCUT2D eigenvalue weighted by Gasteiger charge is -1.81. The Balaban J connectivity index is 3.21. The van der Waals surface area contributed by atoms with Crippen LogP contribution in [0.1, 0.15) is 0 Å². The summed E-state index contributed by atoms with van der Waals surface area (Å²) in [6.45, 7) is 0. The predicted octanol–water partition coefficient (Wildman–Crippen LogP) is 1.72. The lowest BCUT2D eigenvalue weighted by atomic mass is 11.0. The number of nitrogens with zero attached hydrogens (tertiary/aromatic N) is 1. The van der Waals surface area contributed by atoms with Crippen LogP contribution >= 0.6 is 33.6 Å². The largest absolute Gasteiger partial charge is 0.288 e. The first-order valence-electron chi connectivity index (χ1n) is 2.06. The second-order valence-corrected chi connectivity index (χ2v) is 5.77. The molecule has 0 bridgehead atoms. The summed E-state index contributed by atoms with van der Waals surface area (Å²) in [5, 5.41) is 0. The average Bonchev–Trinajstić information content (AvgIpc) is 2.11. The van der Waals surface area contributed by atoms with E-state index in [0.29, 0.717) is 4.34 Å². The number of aromatic nitrogens is 1. The summed E-state index contributed by atoms with van der Waals surface area (Å²) in [6, 6.07) is 0. The zero-order valence-corrected chi connectivity index (χ0v) is 7.56. The second kappa shape index (κ2) is 2.65. The van der Waals surface area contributed by atoms with E-state index in [-0.39, 0.29) is 4.34 Å². The van der Waals surface area contributed by atoms with Gasteiger partial charge in [0.25, 0.3) is 9.05 Å². The topological polar surface area (TPSA) is 47.0 Å². The van der Waals surface area contributed by atoms with E-state index < -0.39 is 9.05 Å². The molecule has 0 atom stereocenters. The normalized spacial score (nSPS) is 11.8. The molecular weight excluding hydrogens is 217 g/mol. The minimum Gasteiger partial charge on any atom is -0.231 e. The molecule has 0 saturated carbocycles. The Morgan fingerprint density at radius 2 is 2.20 bits per heavy atom. The van der Waals surface area contributed by atoms with Crippen LogP contribution < -0.4 is 0 Å². The summed E-state index contributed by atoms with van der Waals surface area (Å²) in [6.07, 6.45) is 1.24. The van der Waals surface area contributed by atoms with Crippen molar-refractivity contribution in [1.29, 1.82) is 0 Å². The van der Waals surface area contributed by atoms with Crippen molar-refractivity contribution in [1.82, 2.24) is 4.98 Å². The molecule has 0 aromatic carbocycles. The lowest BCUT2D eigenvalue weighted by molar-refractivity contribution is 0.609. The molecule has 3 nitrogen and oxygen atoms in total. The van der Waals surface area contributed by atoms with E-state index in [1.54, 1.807) is 0 Å². The maximum absolute atomic E-state index is 10.5. The highest BCUT2D eigenvalue weighted by Gasteiger charge is 2.13. The quantitative estimate of drug-likeness (QED) is 0.674. The zero-order chi connectivity index (χ0) is 7.78. The number of hydrogen-bond donors (Lipinski definition) is 0. The molecule has 0 fully saturated rings. The molecule has 1 aromatic heterocycles. The molecule has 1 rings (SSSR count). The number of hydrogen-bond acceptors (Lipinski definition) is 4. The molecule has 0 radical (unpaired) electrons. The van der Waals surface area contributed by atoms with Crippen molar-refractivity contribution in [2.45, 2.75) is 4.34 Å². The molecule has 1 heterocycles. The van der Waals surface area contributed by atoms with Crippen LogP contribution in [-0.2, 0) is 9.05 Å². The van der Waals surface area contributed by atoms with Gasteiger partial charge in [-0.05, 0) is 0 Å². The average molecular weight is 218 g/mol. The summed E-state index contributed by atoms with van der Waals surface area (Å²) in [5.74, 6) is 0. The molecule has 1 aromatic rings. The van der Waals surface area contributed by atoms with Crippen LogP contribution in [0.5, 0.6) is 0 Å². The number of rotatable bonds is 1. The standard InChI is InChI=1S/C3HCl2NO2S2/c4-2-1-6-3(9-2)10(5,7)8/h1H. The third-order valence-corrected chi connectivity index (χ3v) is 3.72. The summed E-state index contributed by atoms with van der Waals surface area (Å²) >= 11 is 6.23. The molecule has 0 spiro atoms. The fourth-order valence-electron chi connectivity index (χ4n) is 0.352. The van der Waals surface area contributed by atoms with E-state index in [0.717, 1.165) is 11.3 Å². The van der Waals surface area contributed by atoms with Crippen molar-refractivity contribution < 1.29 is 8.42 Å². The maximum Gasteiger partial charge on any atom is 0.288 e. The molecule has 0 amide bonds. The minimum absolute atomic E-state index is 0.167. The van der Waals surface area contributed by atoms with Gasteiger partial charge < -0.3 is 0 Å². The highest BCUT2D eigenvalue weighted by atomic mass is 35.7. The summed E-state index contributed by atoms with van der Waals surface area (Å²) in [7, 11) is 1.25. The molecule has 10 heavy (non-hydrogen) atoms. The van der Waals surface area contributed by atoms with Crippen LogP contribution in [0.2, 0.25) is 4.34 Å². The van der Waals surface area contributed by atoms with E-state index in [4.69, 9.17) is 22.3 Å². The molecular formula is C3HCl2NO2S2. The van der Waals surface area contributed by atoms with Crippen molar-refractivity contribution in [2.75, 3.05) is 0 Å². The molecule has 56 valence electrons. The monoisotopic (exact) mass is 217 g/mol. The van der Waals surface area contributed by atoms with E-state index >= 15 is 0 Å². The van der Waals surface area contributed by atoms with Crippen molar-refractivity contribution in [3.8, 4) is 0 Å². The minimum atomic E-state index is -3.69. The highest BCUT2D eigenvalue weighted by molar-refractivity contribution is 8.15. The number of halogens is 2. The first-order valence-corrected chi connectivity index (χ1v) is 5.56. The molecule has 0 aliphatic rings. The van der Waals surface area contributed by atoms with Crippen LogP contribution in [0.4, 0.5) is 0 Å². The van der Waals surface area contributed by atoms with Gasteiger partial charge in [-0.25, -0.2) is 13.4 Å². The molecule has 7 heteroatoms. The van der Waals surface area contributed by atoms with Crippen LogP contribution in [0, 0.1) is 0 Å². The Labute approximate surface area is 71.0 Å². The summed E-state index contributed by atoms with van der Waals surface area (Å²) in [4.78, 5) is 3.45. The third-order valence-electron chi connectivity index (χ3n) is 0.665. The zero-order valence-electron chi connectivity index (χ0n) is 4.41. The summed E-state index contributed by atoms with van der Waals surface area (Å²) in [5.41, 5.74) is 0. The van der Waals surface area contributed by atoms with Gasteiger partial charge in [0, 0.05) is 10.7 Å². The van der Waals surface area contributed by atoms with Crippen LogP contribution in [0.3, 0.4) is 0 Å². The Hall–Kier alpha value is 0.160. The molecule has 0 N–H and O–H groups in total. The summed E-state index contributed by atoms with van der Waals surface area (Å²) < 4.78 is 21.1. The van der Waals surface area contributed by atoms with Crippen molar-refractivity contribution in [3.05, 3.63) is 10.5 Å². The van der Waals surface area contributed by atoms with Crippen molar-refractivity contribution >= 4 is 42.7 Å². The van der Waals surface area contributed by atoms with Crippen LogP contribution in [0.15, 0.2) is 10.5 Å². The van der Waals surface area contributed by atoms with Gasteiger partial charge in [-0.1, -0.05) is 22.9 Å². The van der Waals surface area contributed by atoms with E-state index in [2.05, 4.69) is 4.98 Å². The first-order chi connectivity index (χ1) is 4.50. The van der Waals surface area contributed by atoms with E-state index in [1.165, 1.54) is 6.20 Å². The molecule has 0 saturated heterocycles. The highest BCUT2D eigenvalue weighted by Crippen LogP contribution is 2.24. The van der Waals surface area contributed by atoms with Crippen molar-refractivity contribution in [3.63, 3.8) is 0 Å². The SMILES string of the molecule is O=S(=O)(Cl)c1ncc(Cl)s1. The Kier molecular flexibility index (Phi) is 2.19. The Morgan fingerprint density at radius 3 is 2.40 bits per heavy atom. The van der Waals surface area contributed by atoms with Gasteiger partial charge in [0.1, 0.15) is 4.34 Å².